The Labute approximate surface area is 112 Å². The predicted molar refractivity (Wildman–Crippen MR) is 74.5 cm³/mol. The molecular formula is C15H29FN2. The van der Waals surface area contributed by atoms with Crippen LogP contribution >= 0.6 is 0 Å². The topological polar surface area (TPSA) is 6.48 Å². The van der Waals surface area contributed by atoms with E-state index in [9.17, 15) is 4.39 Å². The van der Waals surface area contributed by atoms with Crippen LogP contribution in [0.5, 0.6) is 0 Å². The highest BCUT2D eigenvalue weighted by atomic mass is 19.1. The SMILES string of the molecule is CC(C)[C@@H]1CCN(C2CN(C(C)(C)C)C2)C[C@H]1F. The smallest absolute Gasteiger partial charge is 0.116 e. The van der Waals surface area contributed by atoms with E-state index in [2.05, 4.69) is 44.4 Å². The Morgan fingerprint density at radius 1 is 1.11 bits per heavy atom. The van der Waals surface area contributed by atoms with E-state index >= 15 is 0 Å². The first kappa shape index (κ1) is 14.3. The average molecular weight is 256 g/mol. The van der Waals surface area contributed by atoms with Gasteiger partial charge in [-0.25, -0.2) is 4.39 Å². The Kier molecular flexibility index (Phi) is 4.03. The molecule has 0 saturated carbocycles. The molecule has 0 radical (unpaired) electrons. The van der Waals surface area contributed by atoms with E-state index in [0.29, 0.717) is 18.5 Å². The van der Waals surface area contributed by atoms with Crippen LogP contribution in [0.2, 0.25) is 0 Å². The van der Waals surface area contributed by atoms with Gasteiger partial charge in [0.05, 0.1) is 0 Å². The molecule has 2 atom stereocenters. The Morgan fingerprint density at radius 2 is 1.72 bits per heavy atom. The van der Waals surface area contributed by atoms with Crippen molar-refractivity contribution in [1.29, 1.82) is 0 Å². The molecule has 2 nitrogen and oxygen atoms in total. The fourth-order valence-electron chi connectivity index (χ4n) is 3.26. The Hall–Kier alpha value is -0.150. The van der Waals surface area contributed by atoms with Gasteiger partial charge in [0, 0.05) is 31.2 Å². The lowest BCUT2D eigenvalue weighted by Crippen LogP contribution is -2.66. The molecule has 0 aromatic heterocycles. The summed E-state index contributed by atoms with van der Waals surface area (Å²) in [7, 11) is 0. The summed E-state index contributed by atoms with van der Waals surface area (Å²) in [4.78, 5) is 4.87. The van der Waals surface area contributed by atoms with Crippen molar-refractivity contribution >= 4 is 0 Å². The summed E-state index contributed by atoms with van der Waals surface area (Å²) in [5.41, 5.74) is 0.266. The number of hydrogen-bond acceptors (Lipinski definition) is 2. The van der Waals surface area contributed by atoms with E-state index < -0.39 is 6.17 Å². The Bertz CT molecular complexity index is 279. The zero-order valence-electron chi connectivity index (χ0n) is 12.6. The summed E-state index contributed by atoms with van der Waals surface area (Å²) in [5.74, 6) is 0.759. The van der Waals surface area contributed by atoms with Gasteiger partial charge in [-0.3, -0.25) is 9.80 Å². The summed E-state index contributed by atoms with van der Waals surface area (Å²) < 4.78 is 14.1. The Morgan fingerprint density at radius 3 is 2.17 bits per heavy atom. The normalized spacial score (nSPS) is 32.8. The maximum absolute atomic E-state index is 14.1. The molecule has 0 N–H and O–H groups in total. The molecule has 0 aliphatic carbocycles. The summed E-state index contributed by atoms with van der Waals surface area (Å²) in [6.45, 7) is 15.0. The molecule has 0 aromatic carbocycles. The molecule has 0 bridgehead atoms. The van der Waals surface area contributed by atoms with Crippen LogP contribution in [-0.2, 0) is 0 Å². The molecule has 2 rings (SSSR count). The number of alkyl halides is 1. The lowest BCUT2D eigenvalue weighted by atomic mass is 9.84. The fourth-order valence-corrected chi connectivity index (χ4v) is 3.26. The highest BCUT2D eigenvalue weighted by molar-refractivity contribution is 4.96. The molecule has 106 valence electrons. The van der Waals surface area contributed by atoms with Gasteiger partial charge < -0.3 is 0 Å². The summed E-state index contributed by atoms with van der Waals surface area (Å²) in [6.07, 6.45) is 0.410. The number of piperidine rings is 1. The minimum atomic E-state index is -0.623. The first-order chi connectivity index (χ1) is 8.29. The van der Waals surface area contributed by atoms with Gasteiger partial charge in [0.2, 0.25) is 0 Å². The third-order valence-corrected chi connectivity index (χ3v) is 4.81. The van der Waals surface area contributed by atoms with E-state index in [1.54, 1.807) is 0 Å². The third kappa shape index (κ3) is 2.88. The molecule has 3 heteroatoms. The molecule has 0 unspecified atom stereocenters. The molecule has 2 saturated heterocycles. The quantitative estimate of drug-likeness (QED) is 0.749. The maximum Gasteiger partial charge on any atom is 0.116 e. The van der Waals surface area contributed by atoms with Gasteiger partial charge in [-0.1, -0.05) is 13.8 Å². The summed E-state index contributed by atoms with van der Waals surface area (Å²) in [5, 5.41) is 0. The molecule has 0 aromatic rings. The van der Waals surface area contributed by atoms with Gasteiger partial charge in [0.1, 0.15) is 6.17 Å². The van der Waals surface area contributed by atoms with Crippen LogP contribution in [-0.4, -0.2) is 53.7 Å². The van der Waals surface area contributed by atoms with Gasteiger partial charge in [-0.05, 0) is 45.6 Å². The lowest BCUT2D eigenvalue weighted by Gasteiger charge is -2.53. The van der Waals surface area contributed by atoms with E-state index in [0.717, 1.165) is 26.1 Å². The molecule has 18 heavy (non-hydrogen) atoms. The fraction of sp³-hybridized carbons (Fsp3) is 1.00. The molecular weight excluding hydrogens is 227 g/mol. The first-order valence-electron chi connectivity index (χ1n) is 7.42. The van der Waals surface area contributed by atoms with Crippen LogP contribution in [0.3, 0.4) is 0 Å². The van der Waals surface area contributed by atoms with Crippen LogP contribution in [0.4, 0.5) is 4.39 Å². The number of hydrogen-bond donors (Lipinski definition) is 0. The van der Waals surface area contributed by atoms with Gasteiger partial charge in [0.15, 0.2) is 0 Å². The second-order valence-corrected chi connectivity index (χ2v) is 7.44. The second-order valence-electron chi connectivity index (χ2n) is 7.44. The van der Waals surface area contributed by atoms with Gasteiger partial charge >= 0.3 is 0 Å². The summed E-state index contributed by atoms with van der Waals surface area (Å²) in [6, 6.07) is 0.593. The number of halogens is 1. The monoisotopic (exact) mass is 256 g/mol. The highest BCUT2D eigenvalue weighted by Crippen LogP contribution is 2.31. The summed E-state index contributed by atoms with van der Waals surface area (Å²) >= 11 is 0. The predicted octanol–water partition coefficient (Wildman–Crippen LogP) is 2.79. The Balaban J connectivity index is 1.81. The average Bonchev–Trinajstić information content (AvgIpc) is 2.11. The number of nitrogens with zero attached hydrogens (tertiary/aromatic N) is 2. The zero-order chi connectivity index (χ0) is 13.5. The minimum Gasteiger partial charge on any atom is -0.295 e. The lowest BCUT2D eigenvalue weighted by molar-refractivity contribution is -0.0530. The van der Waals surface area contributed by atoms with E-state index in [1.807, 2.05) is 0 Å². The highest BCUT2D eigenvalue weighted by Gasteiger charge is 2.41. The molecule has 0 amide bonds. The van der Waals surface area contributed by atoms with Gasteiger partial charge in [-0.15, -0.1) is 0 Å². The van der Waals surface area contributed by atoms with Crippen molar-refractivity contribution in [2.75, 3.05) is 26.2 Å². The third-order valence-electron chi connectivity index (χ3n) is 4.81. The molecule has 2 aliphatic heterocycles. The molecule has 0 spiro atoms. The molecule has 2 fully saturated rings. The first-order valence-corrected chi connectivity index (χ1v) is 7.42. The number of rotatable bonds is 2. The minimum absolute atomic E-state index is 0.266. The van der Waals surface area contributed by atoms with Crippen molar-refractivity contribution in [3.05, 3.63) is 0 Å². The van der Waals surface area contributed by atoms with Crippen molar-refractivity contribution in [2.45, 2.75) is 58.8 Å². The largest absolute Gasteiger partial charge is 0.295 e. The van der Waals surface area contributed by atoms with E-state index in [1.165, 1.54) is 0 Å². The van der Waals surface area contributed by atoms with Crippen LogP contribution in [0.25, 0.3) is 0 Å². The maximum atomic E-state index is 14.1. The van der Waals surface area contributed by atoms with E-state index in [4.69, 9.17) is 0 Å². The standard InChI is InChI=1S/C15H29FN2/c1-11(2)13-6-7-17(10-14(13)16)12-8-18(9-12)15(3,4)5/h11-14H,6-10H2,1-5H3/t13-,14+/m0/s1. The van der Waals surface area contributed by atoms with E-state index in [-0.39, 0.29) is 11.5 Å². The van der Waals surface area contributed by atoms with Crippen LogP contribution in [0.15, 0.2) is 0 Å². The van der Waals surface area contributed by atoms with Crippen molar-refractivity contribution < 1.29 is 4.39 Å². The van der Waals surface area contributed by atoms with Crippen molar-refractivity contribution in [3.63, 3.8) is 0 Å². The van der Waals surface area contributed by atoms with Crippen LogP contribution < -0.4 is 0 Å². The van der Waals surface area contributed by atoms with Crippen LogP contribution in [0.1, 0.15) is 41.0 Å². The van der Waals surface area contributed by atoms with Crippen LogP contribution in [0, 0.1) is 11.8 Å². The molecule has 2 heterocycles. The molecule has 2 aliphatic rings. The second kappa shape index (κ2) is 5.09. The van der Waals surface area contributed by atoms with Gasteiger partial charge in [0.25, 0.3) is 0 Å². The van der Waals surface area contributed by atoms with Crippen molar-refractivity contribution in [1.82, 2.24) is 9.80 Å². The van der Waals surface area contributed by atoms with Crippen molar-refractivity contribution in [3.8, 4) is 0 Å². The van der Waals surface area contributed by atoms with Gasteiger partial charge in [-0.2, -0.15) is 0 Å². The van der Waals surface area contributed by atoms with Crippen molar-refractivity contribution in [2.24, 2.45) is 11.8 Å². The number of likely N-dealkylation sites (tertiary alicyclic amines) is 2. The zero-order valence-corrected chi connectivity index (χ0v) is 12.6.